The van der Waals surface area contributed by atoms with Crippen LogP contribution < -0.4 is 5.32 Å². The Morgan fingerprint density at radius 2 is 2.12 bits per heavy atom. The zero-order valence-corrected chi connectivity index (χ0v) is 15.4. The van der Waals surface area contributed by atoms with Crippen LogP contribution in [0.5, 0.6) is 0 Å². The molecule has 0 aliphatic heterocycles. The van der Waals surface area contributed by atoms with Gasteiger partial charge in [-0.2, -0.15) is 0 Å². The second-order valence-electron chi connectivity index (χ2n) is 5.10. The van der Waals surface area contributed by atoms with E-state index in [4.69, 9.17) is 32.0 Å². The van der Waals surface area contributed by atoms with E-state index in [0.29, 0.717) is 21.0 Å². The molecule has 3 rings (SSSR count). The summed E-state index contributed by atoms with van der Waals surface area (Å²) in [5.41, 5.74) is 0.866. The monoisotopic (exact) mass is 397 g/mol. The molecule has 1 aromatic carbocycles. The largest absolute Gasteiger partial charge is 0.459 e. The Morgan fingerprint density at radius 1 is 1.28 bits per heavy atom. The van der Waals surface area contributed by atoms with E-state index in [1.165, 1.54) is 6.26 Å². The third kappa shape index (κ3) is 4.56. The van der Waals surface area contributed by atoms with Gasteiger partial charge in [-0.3, -0.25) is 4.79 Å². The van der Waals surface area contributed by atoms with Gasteiger partial charge >= 0.3 is 0 Å². The number of nitrogens with zero attached hydrogens (tertiary/aromatic N) is 2. The van der Waals surface area contributed by atoms with Gasteiger partial charge in [0, 0.05) is 0 Å². The third-order valence-electron chi connectivity index (χ3n) is 3.29. The second kappa shape index (κ2) is 7.95. The summed E-state index contributed by atoms with van der Waals surface area (Å²) in [6.07, 6.45) is 1.52. The summed E-state index contributed by atoms with van der Waals surface area (Å²) in [7, 11) is 0. The number of carbonyl (C=O) groups is 1. The molecule has 0 unspecified atom stereocenters. The molecule has 1 atom stereocenters. The van der Waals surface area contributed by atoms with Crippen LogP contribution in [0.2, 0.25) is 10.0 Å². The number of hydrogen-bond acceptors (Lipinski definition) is 6. The maximum atomic E-state index is 12.1. The van der Waals surface area contributed by atoms with Crippen molar-refractivity contribution in [1.82, 2.24) is 15.5 Å². The molecule has 0 aliphatic rings. The molecule has 0 bridgehead atoms. The maximum absolute atomic E-state index is 12.1. The molecule has 130 valence electrons. The molecular formula is C16H13Cl2N3O3S. The molecule has 2 aromatic heterocycles. The number of furan rings is 1. The number of hydrogen-bond donors (Lipinski definition) is 1. The van der Waals surface area contributed by atoms with E-state index in [1.807, 2.05) is 13.0 Å². The van der Waals surface area contributed by atoms with Crippen molar-refractivity contribution < 1.29 is 13.6 Å². The highest BCUT2D eigenvalue weighted by atomic mass is 35.5. The standard InChI is InChI=1S/C16H13Cl2N3O3S/c1-9(10-4-5-11(17)12(18)7-10)19-14(22)8-25-16-21-20-15(24-16)13-3-2-6-23-13/h2-7,9H,8H2,1H3,(H,19,22)/t9-/m1/s1. The Kier molecular flexibility index (Phi) is 5.67. The van der Waals surface area contributed by atoms with Gasteiger partial charge in [-0.25, -0.2) is 0 Å². The fourth-order valence-corrected chi connectivity index (χ4v) is 2.92. The minimum atomic E-state index is -0.204. The van der Waals surface area contributed by atoms with Crippen LogP contribution in [-0.2, 0) is 4.79 Å². The highest BCUT2D eigenvalue weighted by Gasteiger charge is 2.15. The summed E-state index contributed by atoms with van der Waals surface area (Å²) in [4.78, 5) is 12.1. The van der Waals surface area contributed by atoms with Crippen molar-refractivity contribution in [2.45, 2.75) is 18.2 Å². The molecule has 0 saturated heterocycles. The van der Waals surface area contributed by atoms with Crippen LogP contribution in [0.15, 0.2) is 50.7 Å². The predicted molar refractivity (Wildman–Crippen MR) is 95.7 cm³/mol. The molecule has 0 spiro atoms. The fraction of sp³-hybridized carbons (Fsp3) is 0.188. The van der Waals surface area contributed by atoms with Crippen molar-refractivity contribution >= 4 is 40.9 Å². The highest BCUT2D eigenvalue weighted by Crippen LogP contribution is 2.26. The zero-order valence-electron chi connectivity index (χ0n) is 13.0. The van der Waals surface area contributed by atoms with E-state index >= 15 is 0 Å². The normalized spacial score (nSPS) is 12.1. The van der Waals surface area contributed by atoms with Gasteiger partial charge in [0.2, 0.25) is 5.91 Å². The Labute approximate surface area is 157 Å². The van der Waals surface area contributed by atoms with Crippen LogP contribution in [0.25, 0.3) is 11.7 Å². The van der Waals surface area contributed by atoms with Crippen molar-refractivity contribution in [3.63, 3.8) is 0 Å². The molecule has 6 nitrogen and oxygen atoms in total. The number of benzene rings is 1. The number of amides is 1. The summed E-state index contributed by atoms with van der Waals surface area (Å²) in [6.45, 7) is 1.86. The van der Waals surface area contributed by atoms with Crippen LogP contribution in [0, 0.1) is 0 Å². The van der Waals surface area contributed by atoms with Crippen LogP contribution >= 0.6 is 35.0 Å². The minimum absolute atomic E-state index is 0.144. The van der Waals surface area contributed by atoms with E-state index < -0.39 is 0 Å². The number of carbonyl (C=O) groups excluding carboxylic acids is 1. The Bertz CT molecular complexity index is 867. The third-order valence-corrected chi connectivity index (χ3v) is 4.84. The van der Waals surface area contributed by atoms with Gasteiger partial charge < -0.3 is 14.2 Å². The van der Waals surface area contributed by atoms with Gasteiger partial charge in [0.05, 0.1) is 28.1 Å². The molecule has 0 aliphatic carbocycles. The van der Waals surface area contributed by atoms with Crippen molar-refractivity contribution in [3.05, 3.63) is 52.2 Å². The van der Waals surface area contributed by atoms with E-state index in [1.54, 1.807) is 24.3 Å². The van der Waals surface area contributed by atoms with Gasteiger partial charge in [-0.1, -0.05) is 41.0 Å². The molecule has 2 heterocycles. The average molecular weight is 398 g/mol. The molecule has 0 saturated carbocycles. The van der Waals surface area contributed by atoms with Gasteiger partial charge in [0.1, 0.15) is 0 Å². The zero-order chi connectivity index (χ0) is 17.8. The van der Waals surface area contributed by atoms with Gasteiger partial charge in [0.15, 0.2) is 5.76 Å². The number of rotatable bonds is 6. The number of aromatic nitrogens is 2. The van der Waals surface area contributed by atoms with Crippen molar-refractivity contribution in [2.24, 2.45) is 0 Å². The van der Waals surface area contributed by atoms with Crippen molar-refractivity contribution in [3.8, 4) is 11.7 Å². The van der Waals surface area contributed by atoms with E-state index in [9.17, 15) is 4.79 Å². The van der Waals surface area contributed by atoms with Gasteiger partial charge in [-0.15, -0.1) is 10.2 Å². The fourth-order valence-electron chi connectivity index (χ4n) is 2.04. The van der Waals surface area contributed by atoms with Crippen LogP contribution in [0.3, 0.4) is 0 Å². The van der Waals surface area contributed by atoms with Crippen LogP contribution in [0.1, 0.15) is 18.5 Å². The quantitative estimate of drug-likeness (QED) is 0.611. The minimum Gasteiger partial charge on any atom is -0.459 e. The SMILES string of the molecule is C[C@@H](NC(=O)CSc1nnc(-c2ccco2)o1)c1ccc(Cl)c(Cl)c1. The molecule has 0 fully saturated rings. The molecule has 3 aromatic rings. The lowest BCUT2D eigenvalue weighted by atomic mass is 10.1. The average Bonchev–Trinajstić information content (AvgIpc) is 3.26. The summed E-state index contributed by atoms with van der Waals surface area (Å²) in [5, 5.41) is 11.8. The Morgan fingerprint density at radius 3 is 2.84 bits per heavy atom. The molecule has 1 N–H and O–H groups in total. The Balaban J connectivity index is 1.53. The second-order valence-corrected chi connectivity index (χ2v) is 6.84. The summed E-state index contributed by atoms with van der Waals surface area (Å²) >= 11 is 13.0. The lowest BCUT2D eigenvalue weighted by molar-refractivity contribution is -0.119. The highest BCUT2D eigenvalue weighted by molar-refractivity contribution is 7.99. The first-order valence-corrected chi connectivity index (χ1v) is 9.01. The topological polar surface area (TPSA) is 81.2 Å². The molecule has 25 heavy (non-hydrogen) atoms. The van der Waals surface area contributed by atoms with E-state index in [2.05, 4.69) is 15.5 Å². The summed E-state index contributed by atoms with van der Waals surface area (Å²) in [5.74, 6) is 0.737. The number of halogens is 2. The van der Waals surface area contributed by atoms with E-state index in [-0.39, 0.29) is 23.6 Å². The first-order chi connectivity index (χ1) is 12.0. The van der Waals surface area contributed by atoms with Crippen molar-refractivity contribution in [1.29, 1.82) is 0 Å². The van der Waals surface area contributed by atoms with Crippen molar-refractivity contribution in [2.75, 3.05) is 5.75 Å². The molecule has 9 heteroatoms. The maximum Gasteiger partial charge on any atom is 0.284 e. The lowest BCUT2D eigenvalue weighted by Crippen LogP contribution is -2.28. The van der Waals surface area contributed by atoms with Crippen LogP contribution in [-0.4, -0.2) is 21.9 Å². The lowest BCUT2D eigenvalue weighted by Gasteiger charge is -2.14. The Hall–Kier alpha value is -1.96. The van der Waals surface area contributed by atoms with E-state index in [0.717, 1.165) is 17.3 Å². The van der Waals surface area contributed by atoms with Gasteiger partial charge in [0.25, 0.3) is 11.1 Å². The van der Waals surface area contributed by atoms with Gasteiger partial charge in [-0.05, 0) is 36.8 Å². The number of nitrogens with one attached hydrogen (secondary N) is 1. The van der Waals surface area contributed by atoms with Crippen LogP contribution in [0.4, 0.5) is 0 Å². The summed E-state index contributed by atoms with van der Waals surface area (Å²) < 4.78 is 10.6. The predicted octanol–water partition coefficient (Wildman–Crippen LogP) is 4.61. The summed E-state index contributed by atoms with van der Waals surface area (Å²) in [6, 6.07) is 8.49. The first-order valence-electron chi connectivity index (χ1n) is 7.27. The number of thioether (sulfide) groups is 1. The molecular weight excluding hydrogens is 385 g/mol. The molecule has 0 radical (unpaired) electrons. The first kappa shape index (κ1) is 17.8. The molecule has 1 amide bonds. The smallest absolute Gasteiger partial charge is 0.284 e.